The van der Waals surface area contributed by atoms with Crippen molar-refractivity contribution in [3.8, 4) is 0 Å². The molecule has 0 bridgehead atoms. The molecular formula is CH11Cl4N3O3. The Labute approximate surface area is 88.2 Å². The third kappa shape index (κ3) is 18.1. The molecule has 6 N–H and O–H groups in total. The van der Waals surface area contributed by atoms with Crippen molar-refractivity contribution >= 4 is 49.6 Å². The molecule has 10 heteroatoms. The SMILES string of the molecule is Cl.Cl.Cl.Cl.ONC(NO)NO. The lowest BCUT2D eigenvalue weighted by molar-refractivity contribution is -0.0491. The van der Waals surface area contributed by atoms with E-state index in [1.807, 2.05) is 0 Å². The molecule has 0 aliphatic carbocycles. The molecule has 0 heterocycles. The van der Waals surface area contributed by atoms with Crippen molar-refractivity contribution in [2.45, 2.75) is 6.29 Å². The van der Waals surface area contributed by atoms with E-state index in [9.17, 15) is 0 Å². The smallest absolute Gasteiger partial charge is 0.177 e. The standard InChI is InChI=1S/CH7N3O3.4ClH/c5-2-1(3-6)4-7;;;;/h1-7H;4*1H. The summed E-state index contributed by atoms with van der Waals surface area (Å²) in [6.45, 7) is 0. The van der Waals surface area contributed by atoms with Crippen LogP contribution in [0.4, 0.5) is 0 Å². The van der Waals surface area contributed by atoms with Crippen molar-refractivity contribution < 1.29 is 15.6 Å². The maximum absolute atomic E-state index is 7.83. The topological polar surface area (TPSA) is 96.8 Å². The van der Waals surface area contributed by atoms with E-state index in [0.717, 1.165) is 0 Å². The van der Waals surface area contributed by atoms with E-state index in [1.165, 1.54) is 16.4 Å². The number of hydrogen-bond donors (Lipinski definition) is 6. The van der Waals surface area contributed by atoms with E-state index in [4.69, 9.17) is 15.6 Å². The number of nitrogens with one attached hydrogen (secondary N) is 3. The normalized spacial score (nSPS) is 6.55. The first kappa shape index (κ1) is 29.7. The van der Waals surface area contributed by atoms with Gasteiger partial charge in [-0.2, -0.15) is 16.4 Å². The number of halogens is 4. The van der Waals surface area contributed by atoms with Crippen LogP contribution in [0, 0.1) is 0 Å². The fraction of sp³-hybridized carbons (Fsp3) is 1.00. The van der Waals surface area contributed by atoms with E-state index >= 15 is 0 Å². The fourth-order valence-electron chi connectivity index (χ4n) is 0.0866. The van der Waals surface area contributed by atoms with Gasteiger partial charge in [-0.05, 0) is 0 Å². The maximum Gasteiger partial charge on any atom is 0.177 e. The number of rotatable bonds is 3. The predicted octanol–water partition coefficient (Wildman–Crippen LogP) is -0.106. The molecule has 0 spiro atoms. The zero-order valence-electron chi connectivity index (χ0n) is 5.05. The summed E-state index contributed by atoms with van der Waals surface area (Å²) in [5.41, 5.74) is 4.44. The molecule has 0 atom stereocenters. The van der Waals surface area contributed by atoms with Crippen molar-refractivity contribution in [1.82, 2.24) is 16.4 Å². The van der Waals surface area contributed by atoms with Crippen LogP contribution in [0.3, 0.4) is 0 Å². The van der Waals surface area contributed by atoms with E-state index in [-0.39, 0.29) is 49.6 Å². The van der Waals surface area contributed by atoms with Gasteiger partial charge in [-0.15, -0.1) is 49.6 Å². The summed E-state index contributed by atoms with van der Waals surface area (Å²) < 4.78 is 0. The molecule has 0 aliphatic rings. The first-order valence-corrected chi connectivity index (χ1v) is 1.54. The fourth-order valence-corrected chi connectivity index (χ4v) is 0.0866. The van der Waals surface area contributed by atoms with Crippen molar-refractivity contribution in [3.05, 3.63) is 0 Å². The average molecular weight is 255 g/mol. The van der Waals surface area contributed by atoms with Gasteiger partial charge in [0.05, 0.1) is 0 Å². The third-order valence-corrected chi connectivity index (χ3v) is 0.387. The molecule has 0 aromatic rings. The molecule has 0 amide bonds. The quantitative estimate of drug-likeness (QED) is 0.311. The first-order valence-electron chi connectivity index (χ1n) is 1.54. The Morgan fingerprint density at radius 2 is 0.818 bits per heavy atom. The lowest BCUT2D eigenvalue weighted by Crippen LogP contribution is -2.48. The van der Waals surface area contributed by atoms with Gasteiger partial charge in [-0.25, -0.2) is 0 Å². The Morgan fingerprint density at radius 1 is 0.636 bits per heavy atom. The lowest BCUT2D eigenvalue weighted by atomic mass is 11.0. The largest absolute Gasteiger partial charge is 0.314 e. The van der Waals surface area contributed by atoms with Gasteiger partial charge in [0.25, 0.3) is 0 Å². The summed E-state index contributed by atoms with van der Waals surface area (Å²) in [4.78, 5) is 0. The molecular weight excluding hydrogens is 244 g/mol. The van der Waals surface area contributed by atoms with Crippen molar-refractivity contribution in [2.75, 3.05) is 0 Å². The van der Waals surface area contributed by atoms with E-state index in [2.05, 4.69) is 0 Å². The number of hydrogen-bond acceptors (Lipinski definition) is 6. The Hall–Kier alpha value is 0.920. The maximum atomic E-state index is 7.83. The summed E-state index contributed by atoms with van der Waals surface area (Å²) in [7, 11) is 0. The zero-order chi connectivity index (χ0) is 5.70. The van der Waals surface area contributed by atoms with Gasteiger partial charge < -0.3 is 15.6 Å². The van der Waals surface area contributed by atoms with Crippen LogP contribution in [0.25, 0.3) is 0 Å². The Bertz CT molecular complexity index is 42.1. The molecule has 76 valence electrons. The van der Waals surface area contributed by atoms with Crippen LogP contribution in [0.1, 0.15) is 0 Å². The second-order valence-electron chi connectivity index (χ2n) is 0.820. The molecule has 0 aromatic heterocycles. The molecule has 0 saturated carbocycles. The summed E-state index contributed by atoms with van der Waals surface area (Å²) in [6.07, 6.45) is -1.10. The highest BCUT2D eigenvalue weighted by Crippen LogP contribution is 1.55. The molecule has 6 nitrogen and oxygen atoms in total. The van der Waals surface area contributed by atoms with Gasteiger partial charge in [-0.3, -0.25) is 0 Å². The lowest BCUT2D eigenvalue weighted by Gasteiger charge is -2.07. The summed E-state index contributed by atoms with van der Waals surface area (Å²) >= 11 is 0. The first-order chi connectivity index (χ1) is 3.35. The van der Waals surface area contributed by atoms with Gasteiger partial charge in [0.2, 0.25) is 0 Å². The Kier molecular flexibility index (Phi) is 60.6. The highest BCUT2D eigenvalue weighted by atomic mass is 35.5. The van der Waals surface area contributed by atoms with Gasteiger partial charge in [-0.1, -0.05) is 0 Å². The second-order valence-corrected chi connectivity index (χ2v) is 0.820. The highest BCUT2D eigenvalue weighted by molar-refractivity contribution is 5.86. The van der Waals surface area contributed by atoms with Crippen LogP contribution in [0.5, 0.6) is 0 Å². The summed E-state index contributed by atoms with van der Waals surface area (Å²) in [5.74, 6) is 0. The van der Waals surface area contributed by atoms with Crippen LogP contribution in [-0.2, 0) is 0 Å². The minimum Gasteiger partial charge on any atom is -0.314 e. The molecule has 0 saturated heterocycles. The van der Waals surface area contributed by atoms with E-state index in [1.54, 1.807) is 0 Å². The van der Waals surface area contributed by atoms with Crippen molar-refractivity contribution in [3.63, 3.8) is 0 Å². The zero-order valence-corrected chi connectivity index (χ0v) is 8.32. The van der Waals surface area contributed by atoms with Crippen LogP contribution in [-0.4, -0.2) is 21.9 Å². The minimum absolute atomic E-state index is 0. The van der Waals surface area contributed by atoms with Gasteiger partial charge in [0.1, 0.15) is 0 Å². The third-order valence-electron chi connectivity index (χ3n) is 0.387. The molecule has 0 aromatic carbocycles. The minimum atomic E-state index is -1.10. The Balaban J connectivity index is -0.0000000300. The predicted molar refractivity (Wildman–Crippen MR) is 47.5 cm³/mol. The Morgan fingerprint density at radius 3 is 0.818 bits per heavy atom. The van der Waals surface area contributed by atoms with Crippen LogP contribution < -0.4 is 16.4 Å². The van der Waals surface area contributed by atoms with Crippen LogP contribution >= 0.6 is 49.6 Å². The molecule has 11 heavy (non-hydrogen) atoms. The van der Waals surface area contributed by atoms with Crippen molar-refractivity contribution in [1.29, 1.82) is 0 Å². The summed E-state index contributed by atoms with van der Waals surface area (Å²) in [6, 6.07) is 0. The van der Waals surface area contributed by atoms with Crippen molar-refractivity contribution in [2.24, 2.45) is 0 Å². The van der Waals surface area contributed by atoms with E-state index < -0.39 is 6.29 Å². The van der Waals surface area contributed by atoms with Gasteiger partial charge >= 0.3 is 0 Å². The van der Waals surface area contributed by atoms with Gasteiger partial charge in [0.15, 0.2) is 6.29 Å². The molecule has 0 aliphatic heterocycles. The highest BCUT2D eigenvalue weighted by Gasteiger charge is 1.96. The monoisotopic (exact) mass is 253 g/mol. The van der Waals surface area contributed by atoms with E-state index in [0.29, 0.717) is 0 Å². The molecule has 0 unspecified atom stereocenters. The molecule has 0 rings (SSSR count). The van der Waals surface area contributed by atoms with Gasteiger partial charge in [0, 0.05) is 0 Å². The average Bonchev–Trinajstić information content (AvgIpc) is 1.72. The van der Waals surface area contributed by atoms with Crippen LogP contribution in [0.15, 0.2) is 0 Å². The second kappa shape index (κ2) is 22.4. The number of hydroxylamine groups is 3. The summed E-state index contributed by atoms with van der Waals surface area (Å²) in [5, 5.41) is 23.5. The molecule has 0 radical (unpaired) electrons. The molecule has 0 fully saturated rings. The van der Waals surface area contributed by atoms with Crippen LogP contribution in [0.2, 0.25) is 0 Å².